The van der Waals surface area contributed by atoms with Gasteiger partial charge >= 0.3 is 0 Å². The molecule has 14 heteroatoms. The molecule has 4 N–H and O–H groups in total. The average Bonchev–Trinajstić information content (AvgIpc) is 3.21. The molecule has 54 heavy (non-hydrogen) atoms. The highest BCUT2D eigenvalue weighted by molar-refractivity contribution is 5.95. The number of anilines is 4. The molecule has 2 heterocycles. The van der Waals surface area contributed by atoms with Crippen LogP contribution in [0.2, 0.25) is 0 Å². The van der Waals surface area contributed by atoms with Crippen molar-refractivity contribution in [1.82, 2.24) is 0 Å². The normalized spacial score (nSPS) is 15.4. The largest absolute Gasteiger partial charge is 0.391 e. The van der Waals surface area contributed by atoms with Crippen LogP contribution in [0.15, 0.2) is 114 Å². The predicted octanol–water partition coefficient (Wildman–Crippen LogP) is 4.10. The van der Waals surface area contributed by atoms with Crippen LogP contribution < -0.4 is 25.3 Å². The quantitative estimate of drug-likeness (QED) is 0.0920. The Morgan fingerprint density at radius 1 is 0.685 bits per heavy atom. The van der Waals surface area contributed by atoms with Gasteiger partial charge in [-0.3, -0.25) is 9.59 Å². The van der Waals surface area contributed by atoms with Gasteiger partial charge in [-0.2, -0.15) is 0 Å². The summed E-state index contributed by atoms with van der Waals surface area (Å²) in [6.07, 6.45) is -1.38. The fourth-order valence-corrected chi connectivity index (χ4v) is 6.17. The molecular formula is C40H48N8O6. The number of nitrogens with two attached hydrogens (primary N) is 1. The number of hydrogen-bond acceptors (Lipinski definition) is 10. The molecule has 0 saturated carbocycles. The van der Waals surface area contributed by atoms with E-state index in [1.165, 1.54) is 0 Å². The van der Waals surface area contributed by atoms with Gasteiger partial charge in [0.1, 0.15) is 13.2 Å². The molecule has 4 aromatic carbocycles. The van der Waals surface area contributed by atoms with Gasteiger partial charge in [-0.15, -0.1) is 0 Å². The molecule has 0 aliphatic carbocycles. The second-order valence-electron chi connectivity index (χ2n) is 12.9. The lowest BCUT2D eigenvalue weighted by Crippen LogP contribution is -2.41. The van der Waals surface area contributed by atoms with Crippen LogP contribution in [0, 0.1) is 0 Å². The van der Waals surface area contributed by atoms with Crippen molar-refractivity contribution in [3.05, 3.63) is 131 Å². The number of carbonyl (C=O) groups is 2. The van der Waals surface area contributed by atoms with Crippen molar-refractivity contribution in [2.24, 2.45) is 10.8 Å². The van der Waals surface area contributed by atoms with E-state index in [0.29, 0.717) is 52.5 Å². The van der Waals surface area contributed by atoms with E-state index in [0.717, 1.165) is 33.9 Å². The van der Waals surface area contributed by atoms with Gasteiger partial charge in [0, 0.05) is 73.5 Å². The fourth-order valence-electron chi connectivity index (χ4n) is 6.17. The number of amides is 2. The van der Waals surface area contributed by atoms with Gasteiger partial charge in [0.05, 0.1) is 32.0 Å². The van der Waals surface area contributed by atoms with Crippen LogP contribution in [0.1, 0.15) is 11.1 Å². The molecule has 2 amide bonds. The van der Waals surface area contributed by atoms with Gasteiger partial charge in [-0.25, -0.2) is 0 Å². The van der Waals surface area contributed by atoms with E-state index in [-0.39, 0.29) is 38.1 Å². The third-order valence-corrected chi connectivity index (χ3v) is 8.95. The highest BCUT2D eigenvalue weighted by Crippen LogP contribution is 2.25. The molecule has 2 aliphatic heterocycles. The molecular weight excluding hydrogens is 688 g/mol. The molecule has 284 valence electrons. The third kappa shape index (κ3) is 11.8. The molecule has 0 bridgehead atoms. The maximum Gasteiger partial charge on any atom is 0.253 e. The number of carbonyl (C=O) groups excluding carboxylic acids is 2. The molecule has 2 saturated heterocycles. The highest BCUT2D eigenvalue weighted by atomic mass is 16.5. The van der Waals surface area contributed by atoms with E-state index in [4.69, 9.17) is 20.7 Å². The van der Waals surface area contributed by atoms with Crippen LogP contribution in [0.25, 0.3) is 10.4 Å². The molecule has 2 atom stereocenters. The molecule has 0 radical (unpaired) electrons. The van der Waals surface area contributed by atoms with Crippen molar-refractivity contribution in [3.63, 3.8) is 0 Å². The molecule has 4 aromatic rings. The van der Waals surface area contributed by atoms with Gasteiger partial charge in [-0.05, 0) is 65.2 Å². The van der Waals surface area contributed by atoms with E-state index in [1.54, 1.807) is 9.80 Å². The lowest BCUT2D eigenvalue weighted by atomic mass is 10.1. The third-order valence-electron chi connectivity index (χ3n) is 8.95. The lowest BCUT2D eigenvalue weighted by Gasteiger charge is -2.29. The first-order chi connectivity index (χ1) is 26.3. The van der Waals surface area contributed by atoms with Crippen molar-refractivity contribution < 1.29 is 29.3 Å². The Labute approximate surface area is 315 Å². The molecule has 0 unspecified atom stereocenters. The summed E-state index contributed by atoms with van der Waals surface area (Å²) in [6, 6.07) is 35.5. The Morgan fingerprint density at radius 2 is 1.11 bits per heavy atom. The van der Waals surface area contributed by atoms with Crippen molar-refractivity contribution >= 4 is 34.6 Å². The number of hydrogen-bond donors (Lipinski definition) is 3. The van der Waals surface area contributed by atoms with E-state index in [9.17, 15) is 19.8 Å². The van der Waals surface area contributed by atoms with Crippen LogP contribution >= 0.6 is 0 Å². The summed E-state index contributed by atoms with van der Waals surface area (Å²) in [5, 5.41) is 23.7. The Bertz CT molecular complexity index is 1790. The number of nitrogens with zero attached hydrogens (tertiary/aromatic N) is 7. The van der Waals surface area contributed by atoms with Gasteiger partial charge in [-0.1, -0.05) is 65.8 Å². The minimum Gasteiger partial charge on any atom is -0.391 e. The van der Waals surface area contributed by atoms with E-state index < -0.39 is 12.2 Å². The Balaban J connectivity index is 0.000000208. The van der Waals surface area contributed by atoms with Crippen molar-refractivity contribution in [2.75, 3.05) is 85.3 Å². The van der Waals surface area contributed by atoms with Crippen LogP contribution in [-0.4, -0.2) is 99.9 Å². The Morgan fingerprint density at radius 3 is 1.50 bits per heavy atom. The zero-order valence-corrected chi connectivity index (χ0v) is 30.3. The van der Waals surface area contributed by atoms with Gasteiger partial charge in [0.15, 0.2) is 0 Å². The number of benzene rings is 4. The summed E-state index contributed by atoms with van der Waals surface area (Å²) < 4.78 is 10.4. The second-order valence-corrected chi connectivity index (χ2v) is 12.9. The lowest BCUT2D eigenvalue weighted by molar-refractivity contribution is -0.126. The summed E-state index contributed by atoms with van der Waals surface area (Å²) in [5.74, 6) is -0.0753. The second kappa shape index (κ2) is 20.7. The minimum absolute atomic E-state index is 0.0160. The number of aliphatic hydroxyl groups excluding tert-OH is 2. The summed E-state index contributed by atoms with van der Waals surface area (Å²) in [4.78, 5) is 34.3. The van der Waals surface area contributed by atoms with Crippen molar-refractivity contribution in [1.29, 1.82) is 0 Å². The zero-order chi connectivity index (χ0) is 38.1. The topological polar surface area (TPSA) is 181 Å². The van der Waals surface area contributed by atoms with Crippen LogP contribution in [0.5, 0.6) is 0 Å². The first-order valence-electron chi connectivity index (χ1n) is 18.0. The molecule has 0 spiro atoms. The number of morpholine rings is 2. The van der Waals surface area contributed by atoms with Crippen LogP contribution in [0.4, 0.5) is 22.7 Å². The van der Waals surface area contributed by atoms with Gasteiger partial charge in [0.25, 0.3) is 11.8 Å². The SMILES string of the molecule is NC[C@H](O)CN(Cc1ccccc1)c1ccc(N2CCOCC2=O)cc1.[N-]=[N+]=NC[C@H](O)CN(Cc1ccccc1)c1ccc(N2CCOCC2=O)cc1. The molecule has 6 rings (SSSR count). The number of aliphatic hydroxyl groups is 2. The first-order valence-corrected chi connectivity index (χ1v) is 18.0. The molecule has 0 aromatic heterocycles. The smallest absolute Gasteiger partial charge is 0.253 e. The minimum atomic E-state index is -0.778. The first kappa shape index (κ1) is 39.7. The summed E-state index contributed by atoms with van der Waals surface area (Å²) in [5.41, 5.74) is 19.9. The van der Waals surface area contributed by atoms with Crippen molar-refractivity contribution in [3.8, 4) is 0 Å². The Hall–Kier alpha value is -5.47. The number of rotatable bonds is 15. The molecule has 14 nitrogen and oxygen atoms in total. The average molecular weight is 737 g/mol. The van der Waals surface area contributed by atoms with Crippen molar-refractivity contribution in [2.45, 2.75) is 25.3 Å². The molecule has 2 aliphatic rings. The maximum atomic E-state index is 12.0. The monoisotopic (exact) mass is 736 g/mol. The van der Waals surface area contributed by atoms with E-state index in [2.05, 4.69) is 27.1 Å². The van der Waals surface area contributed by atoms with Crippen LogP contribution in [-0.2, 0) is 32.2 Å². The fraction of sp³-hybridized carbons (Fsp3) is 0.350. The van der Waals surface area contributed by atoms with E-state index in [1.807, 2.05) is 102 Å². The predicted molar refractivity (Wildman–Crippen MR) is 209 cm³/mol. The summed E-state index contributed by atoms with van der Waals surface area (Å²) >= 11 is 0. The summed E-state index contributed by atoms with van der Waals surface area (Å²) in [6.45, 7) is 4.69. The van der Waals surface area contributed by atoms with Crippen LogP contribution in [0.3, 0.4) is 0 Å². The Kier molecular flexibility index (Phi) is 15.2. The standard InChI is InChI=1S/C20H23N5O3.C20H25N3O3/c21-23-22-12-19(26)14-24(13-16-4-2-1-3-5-16)17-6-8-18(9-7-17)25-10-11-28-15-20(25)27;21-12-19(24)14-22(13-16-4-2-1-3-5-16)17-6-8-18(9-7-17)23-10-11-26-15-20(23)25/h1-9,19,26H,10-15H2;1-9,19,24H,10-15,21H2/t2*19-/m00/s1. The number of azide groups is 1. The highest BCUT2D eigenvalue weighted by Gasteiger charge is 2.22. The molecule has 2 fully saturated rings. The van der Waals surface area contributed by atoms with Gasteiger partial charge < -0.3 is 45.0 Å². The number of ether oxygens (including phenoxy) is 2. The summed E-state index contributed by atoms with van der Waals surface area (Å²) in [7, 11) is 0. The zero-order valence-electron chi connectivity index (χ0n) is 30.3. The van der Waals surface area contributed by atoms with E-state index >= 15 is 0 Å². The maximum absolute atomic E-state index is 12.0. The van der Waals surface area contributed by atoms with Gasteiger partial charge in [0.2, 0.25) is 0 Å².